The van der Waals surface area contributed by atoms with Gasteiger partial charge in [-0.05, 0) is 18.6 Å². The molecule has 3 fully saturated rings. The van der Waals surface area contributed by atoms with Crippen molar-refractivity contribution in [1.29, 1.82) is 0 Å². The molecular weight excluding hydrogens is 307 g/mol. The van der Waals surface area contributed by atoms with Gasteiger partial charge in [-0.1, -0.05) is 6.07 Å². The van der Waals surface area contributed by atoms with Crippen molar-refractivity contribution in [2.45, 2.75) is 49.4 Å². The monoisotopic (exact) mass is 321 g/mol. The predicted octanol–water partition coefficient (Wildman–Crippen LogP) is 2.46. The Labute approximate surface area is 129 Å². The number of fused-ring (bicyclic) bond motifs is 1. The maximum absolute atomic E-state index is 14.1. The lowest BCUT2D eigenvalue weighted by Crippen LogP contribution is -2.72. The molecule has 0 unspecified atom stereocenters. The van der Waals surface area contributed by atoms with Gasteiger partial charge in [0.05, 0.1) is 11.6 Å². The maximum atomic E-state index is 14.1. The van der Waals surface area contributed by atoms with Crippen LogP contribution in [0.1, 0.15) is 43.1 Å². The molecule has 4 aliphatic rings. The summed E-state index contributed by atoms with van der Waals surface area (Å²) in [6, 6.07) is 3.01. The molecule has 3 saturated carbocycles. The summed E-state index contributed by atoms with van der Waals surface area (Å²) in [5.41, 5.74) is -2.12. The normalized spacial score (nSPS) is 34.0. The first kappa shape index (κ1) is 13.4. The SMILES string of the molecule is O=c1n(C23CC(F)(C2)C3)nc2n1[C@H](c1c(F)cccc1F)CC2. The van der Waals surface area contributed by atoms with Crippen molar-refractivity contribution in [3.8, 4) is 0 Å². The number of hydrogen-bond acceptors (Lipinski definition) is 2. The quantitative estimate of drug-likeness (QED) is 0.852. The lowest BCUT2D eigenvalue weighted by Gasteiger charge is -2.64. The van der Waals surface area contributed by atoms with Gasteiger partial charge in [-0.2, -0.15) is 5.10 Å². The molecule has 0 spiro atoms. The van der Waals surface area contributed by atoms with Gasteiger partial charge in [-0.3, -0.25) is 4.57 Å². The van der Waals surface area contributed by atoms with Crippen LogP contribution < -0.4 is 5.69 Å². The molecule has 6 rings (SSSR count). The Morgan fingerprint density at radius 3 is 2.43 bits per heavy atom. The third kappa shape index (κ3) is 1.52. The van der Waals surface area contributed by atoms with Crippen LogP contribution >= 0.6 is 0 Å². The largest absolute Gasteiger partial charge is 0.347 e. The average molecular weight is 321 g/mol. The van der Waals surface area contributed by atoms with Crippen LogP contribution in [0.25, 0.3) is 0 Å². The fourth-order valence-electron chi connectivity index (χ4n) is 4.55. The Hall–Kier alpha value is -2.05. The minimum Gasteiger partial charge on any atom is -0.271 e. The molecule has 1 atom stereocenters. The van der Waals surface area contributed by atoms with E-state index in [0.29, 0.717) is 37.9 Å². The first-order chi connectivity index (χ1) is 10.9. The fourth-order valence-corrected chi connectivity index (χ4v) is 4.55. The van der Waals surface area contributed by atoms with Crippen LogP contribution in [-0.4, -0.2) is 20.0 Å². The van der Waals surface area contributed by atoms with Crippen LogP contribution in [0.5, 0.6) is 0 Å². The summed E-state index contributed by atoms with van der Waals surface area (Å²) in [7, 11) is 0. The van der Waals surface area contributed by atoms with Gasteiger partial charge in [0.2, 0.25) is 0 Å². The van der Waals surface area contributed by atoms with Gasteiger partial charge in [0, 0.05) is 31.2 Å². The highest BCUT2D eigenvalue weighted by atomic mass is 19.1. The van der Waals surface area contributed by atoms with Crippen molar-refractivity contribution < 1.29 is 13.2 Å². The Morgan fingerprint density at radius 2 is 1.83 bits per heavy atom. The van der Waals surface area contributed by atoms with E-state index in [2.05, 4.69) is 5.10 Å². The first-order valence-corrected chi connectivity index (χ1v) is 7.76. The highest BCUT2D eigenvalue weighted by molar-refractivity contribution is 5.28. The molecule has 1 aromatic heterocycles. The van der Waals surface area contributed by atoms with Gasteiger partial charge < -0.3 is 0 Å². The Bertz CT molecular complexity index is 860. The minimum atomic E-state index is -1.13. The highest BCUT2D eigenvalue weighted by Crippen LogP contribution is 2.66. The summed E-state index contributed by atoms with van der Waals surface area (Å²) in [6.45, 7) is 0. The number of rotatable bonds is 2. The molecule has 0 saturated heterocycles. The minimum absolute atomic E-state index is 0.0903. The molecule has 1 aliphatic heterocycles. The van der Waals surface area contributed by atoms with E-state index in [0.717, 1.165) is 0 Å². The fraction of sp³-hybridized carbons (Fsp3) is 0.500. The van der Waals surface area contributed by atoms with Crippen molar-refractivity contribution in [3.05, 3.63) is 51.7 Å². The predicted molar refractivity (Wildman–Crippen MR) is 75.0 cm³/mol. The number of hydrogen-bond donors (Lipinski definition) is 0. The summed E-state index contributed by atoms with van der Waals surface area (Å²) in [5.74, 6) is -0.785. The zero-order chi connectivity index (χ0) is 16.0. The van der Waals surface area contributed by atoms with Gasteiger partial charge in [0.1, 0.15) is 23.1 Å². The van der Waals surface area contributed by atoms with Gasteiger partial charge in [-0.25, -0.2) is 22.6 Å². The van der Waals surface area contributed by atoms with Crippen molar-refractivity contribution in [3.63, 3.8) is 0 Å². The van der Waals surface area contributed by atoms with E-state index in [1.807, 2.05) is 0 Å². The molecule has 120 valence electrons. The molecule has 2 aromatic rings. The summed E-state index contributed by atoms with van der Waals surface area (Å²) >= 11 is 0. The second-order valence-corrected chi connectivity index (χ2v) is 7.08. The van der Waals surface area contributed by atoms with Crippen LogP contribution in [0.15, 0.2) is 23.0 Å². The molecule has 3 aliphatic carbocycles. The second-order valence-electron chi connectivity index (χ2n) is 7.08. The maximum Gasteiger partial charge on any atom is 0.347 e. The smallest absolute Gasteiger partial charge is 0.271 e. The van der Waals surface area contributed by atoms with Crippen molar-refractivity contribution >= 4 is 0 Å². The van der Waals surface area contributed by atoms with E-state index >= 15 is 0 Å². The van der Waals surface area contributed by atoms with E-state index in [1.165, 1.54) is 27.4 Å². The topological polar surface area (TPSA) is 39.8 Å². The number of benzene rings is 1. The zero-order valence-corrected chi connectivity index (χ0v) is 12.2. The zero-order valence-electron chi connectivity index (χ0n) is 12.2. The van der Waals surface area contributed by atoms with Crippen LogP contribution in [0, 0.1) is 11.6 Å². The lowest BCUT2D eigenvalue weighted by atomic mass is 9.47. The lowest BCUT2D eigenvalue weighted by molar-refractivity contribution is -0.205. The molecule has 0 radical (unpaired) electrons. The van der Waals surface area contributed by atoms with Gasteiger partial charge in [0.15, 0.2) is 0 Å². The van der Waals surface area contributed by atoms with E-state index in [4.69, 9.17) is 0 Å². The molecule has 0 N–H and O–H groups in total. The number of nitrogens with zero attached hydrogens (tertiary/aromatic N) is 3. The Balaban J connectivity index is 1.62. The van der Waals surface area contributed by atoms with Crippen LogP contribution in [-0.2, 0) is 12.0 Å². The van der Waals surface area contributed by atoms with Gasteiger partial charge in [0.25, 0.3) is 0 Å². The van der Waals surface area contributed by atoms with Crippen molar-refractivity contribution in [2.24, 2.45) is 0 Å². The van der Waals surface area contributed by atoms with Gasteiger partial charge in [-0.15, -0.1) is 0 Å². The van der Waals surface area contributed by atoms with E-state index in [-0.39, 0.29) is 11.3 Å². The molecular formula is C16H14F3N3O. The van der Waals surface area contributed by atoms with Crippen LogP contribution in [0.3, 0.4) is 0 Å². The highest BCUT2D eigenvalue weighted by Gasteiger charge is 2.72. The molecule has 2 bridgehead atoms. The number of alkyl halides is 1. The van der Waals surface area contributed by atoms with Gasteiger partial charge >= 0.3 is 5.69 Å². The van der Waals surface area contributed by atoms with E-state index in [1.54, 1.807) is 0 Å². The third-order valence-electron chi connectivity index (χ3n) is 5.55. The summed E-state index contributed by atoms with van der Waals surface area (Å²) < 4.78 is 44.6. The first-order valence-electron chi connectivity index (χ1n) is 7.76. The standard InChI is InChI=1S/C16H14F3N3O/c17-9-2-1-3-10(18)13(9)11-4-5-12-20-22(14(23)21(11)12)16-6-15(19,7-16)8-16/h1-3,11H,4-8H2/t11-,15?,16?/m0/s1. The summed E-state index contributed by atoms with van der Waals surface area (Å²) in [5, 5.41) is 4.34. The number of aromatic nitrogens is 3. The average Bonchev–Trinajstić information content (AvgIpc) is 2.96. The molecule has 0 amide bonds. The van der Waals surface area contributed by atoms with E-state index in [9.17, 15) is 18.0 Å². The molecule has 4 nitrogen and oxygen atoms in total. The Kier molecular flexibility index (Phi) is 2.26. The van der Waals surface area contributed by atoms with E-state index < -0.39 is 28.9 Å². The van der Waals surface area contributed by atoms with Crippen LogP contribution in [0.4, 0.5) is 13.2 Å². The second kappa shape index (κ2) is 3.88. The summed E-state index contributed by atoms with van der Waals surface area (Å²) in [4.78, 5) is 12.7. The number of aryl methyl sites for hydroxylation is 1. The summed E-state index contributed by atoms with van der Waals surface area (Å²) in [6.07, 6.45) is 1.87. The van der Waals surface area contributed by atoms with Crippen molar-refractivity contribution in [1.82, 2.24) is 14.3 Å². The molecule has 7 heteroatoms. The third-order valence-corrected chi connectivity index (χ3v) is 5.55. The Morgan fingerprint density at radius 1 is 1.17 bits per heavy atom. The van der Waals surface area contributed by atoms with Crippen LogP contribution in [0.2, 0.25) is 0 Å². The molecule has 2 heterocycles. The molecule has 1 aromatic carbocycles. The van der Waals surface area contributed by atoms with Crippen molar-refractivity contribution in [2.75, 3.05) is 0 Å². The molecule has 23 heavy (non-hydrogen) atoms. The number of halogens is 3.